The van der Waals surface area contributed by atoms with Crippen molar-refractivity contribution in [2.75, 3.05) is 12.4 Å². The highest BCUT2D eigenvalue weighted by Crippen LogP contribution is 2.24. The van der Waals surface area contributed by atoms with Gasteiger partial charge in [0.1, 0.15) is 16.7 Å². The first-order valence-electron chi connectivity index (χ1n) is 5.04. The van der Waals surface area contributed by atoms with Gasteiger partial charge in [-0.1, -0.05) is 6.92 Å². The molecule has 0 spiro atoms. The molecular formula is C10H13N5S. The molecular weight excluding hydrogens is 222 g/mol. The van der Waals surface area contributed by atoms with Gasteiger partial charge < -0.3 is 10.3 Å². The van der Waals surface area contributed by atoms with Crippen molar-refractivity contribution >= 4 is 17.6 Å². The third-order valence-electron chi connectivity index (χ3n) is 2.00. The second-order valence-electron chi connectivity index (χ2n) is 3.11. The molecule has 5 nitrogen and oxygen atoms in total. The lowest BCUT2D eigenvalue weighted by atomic mass is 10.4. The number of aromatic nitrogens is 4. The standard InChI is InChI=1S/C10H13N5S/c1-3-7-14-8(11-2)6-9(15-7)16-10-12-4-5-13-10/h4-6H,3H2,1-2H3,(H,12,13)(H,11,14,15). The molecule has 0 saturated carbocycles. The first-order valence-corrected chi connectivity index (χ1v) is 5.86. The zero-order valence-electron chi connectivity index (χ0n) is 9.19. The van der Waals surface area contributed by atoms with E-state index >= 15 is 0 Å². The topological polar surface area (TPSA) is 66.5 Å². The number of aryl methyl sites for hydroxylation is 1. The normalized spacial score (nSPS) is 10.4. The van der Waals surface area contributed by atoms with Crippen LogP contribution in [0.5, 0.6) is 0 Å². The van der Waals surface area contributed by atoms with E-state index in [4.69, 9.17) is 0 Å². The molecule has 0 saturated heterocycles. The molecule has 84 valence electrons. The van der Waals surface area contributed by atoms with E-state index in [0.717, 1.165) is 28.2 Å². The summed E-state index contributed by atoms with van der Waals surface area (Å²) in [6.45, 7) is 2.04. The van der Waals surface area contributed by atoms with Crippen LogP contribution in [-0.2, 0) is 6.42 Å². The third-order valence-corrected chi connectivity index (χ3v) is 2.83. The quantitative estimate of drug-likeness (QED) is 0.793. The highest BCUT2D eigenvalue weighted by atomic mass is 32.2. The number of nitrogens with zero attached hydrogens (tertiary/aromatic N) is 3. The molecule has 0 atom stereocenters. The molecule has 0 amide bonds. The van der Waals surface area contributed by atoms with Crippen LogP contribution >= 0.6 is 11.8 Å². The smallest absolute Gasteiger partial charge is 0.171 e. The van der Waals surface area contributed by atoms with Gasteiger partial charge in [0, 0.05) is 31.9 Å². The summed E-state index contributed by atoms with van der Waals surface area (Å²) in [5, 5.41) is 4.76. The van der Waals surface area contributed by atoms with E-state index in [1.807, 2.05) is 20.0 Å². The van der Waals surface area contributed by atoms with Crippen LogP contribution < -0.4 is 5.32 Å². The lowest BCUT2D eigenvalue weighted by molar-refractivity contribution is 0.888. The van der Waals surface area contributed by atoms with Crippen LogP contribution in [0.2, 0.25) is 0 Å². The van der Waals surface area contributed by atoms with Crippen LogP contribution in [0.3, 0.4) is 0 Å². The van der Waals surface area contributed by atoms with Gasteiger partial charge >= 0.3 is 0 Å². The average molecular weight is 235 g/mol. The van der Waals surface area contributed by atoms with E-state index in [1.54, 1.807) is 12.4 Å². The van der Waals surface area contributed by atoms with Gasteiger partial charge in [0.25, 0.3) is 0 Å². The highest BCUT2D eigenvalue weighted by molar-refractivity contribution is 7.99. The Kier molecular flexibility index (Phi) is 3.40. The summed E-state index contributed by atoms with van der Waals surface area (Å²) < 4.78 is 0. The summed E-state index contributed by atoms with van der Waals surface area (Å²) >= 11 is 1.50. The van der Waals surface area contributed by atoms with Gasteiger partial charge in [0.2, 0.25) is 0 Å². The number of nitrogens with one attached hydrogen (secondary N) is 2. The molecule has 2 rings (SSSR count). The molecule has 0 aliphatic rings. The second kappa shape index (κ2) is 4.98. The van der Waals surface area contributed by atoms with Crippen LogP contribution in [0, 0.1) is 0 Å². The van der Waals surface area contributed by atoms with Crippen molar-refractivity contribution in [3.63, 3.8) is 0 Å². The first kappa shape index (κ1) is 10.9. The molecule has 0 aliphatic heterocycles. The van der Waals surface area contributed by atoms with Crippen molar-refractivity contribution in [1.29, 1.82) is 0 Å². The molecule has 0 aliphatic carbocycles. The summed E-state index contributed by atoms with van der Waals surface area (Å²) in [5.41, 5.74) is 0. The molecule has 16 heavy (non-hydrogen) atoms. The maximum atomic E-state index is 4.43. The number of H-pyrrole nitrogens is 1. The fourth-order valence-corrected chi connectivity index (χ4v) is 1.98. The zero-order chi connectivity index (χ0) is 11.4. The highest BCUT2D eigenvalue weighted by Gasteiger charge is 2.05. The maximum Gasteiger partial charge on any atom is 0.171 e. The Labute approximate surface area is 98.1 Å². The Morgan fingerprint density at radius 1 is 1.44 bits per heavy atom. The minimum absolute atomic E-state index is 0.821. The Bertz CT molecular complexity index is 432. The number of imidazole rings is 1. The van der Waals surface area contributed by atoms with E-state index in [1.165, 1.54) is 11.8 Å². The number of rotatable bonds is 4. The summed E-state index contributed by atoms with van der Waals surface area (Å²) in [6, 6.07) is 1.91. The first-order chi connectivity index (χ1) is 7.81. The molecule has 2 heterocycles. The summed E-state index contributed by atoms with van der Waals surface area (Å²) in [6.07, 6.45) is 4.34. The lowest BCUT2D eigenvalue weighted by Crippen LogP contribution is -2.00. The van der Waals surface area contributed by atoms with E-state index < -0.39 is 0 Å². The second-order valence-corrected chi connectivity index (χ2v) is 4.12. The molecule has 0 fully saturated rings. The monoisotopic (exact) mass is 235 g/mol. The van der Waals surface area contributed by atoms with Crippen LogP contribution in [-0.4, -0.2) is 27.0 Å². The zero-order valence-corrected chi connectivity index (χ0v) is 10.0. The predicted octanol–water partition coefficient (Wildman–Crippen LogP) is 1.95. The van der Waals surface area contributed by atoms with Crippen LogP contribution in [0.15, 0.2) is 28.6 Å². The van der Waals surface area contributed by atoms with Gasteiger partial charge in [-0.25, -0.2) is 15.0 Å². The SMILES string of the molecule is CCc1nc(NC)cc(Sc2ncc[nH]2)n1. The van der Waals surface area contributed by atoms with Crippen molar-refractivity contribution in [2.45, 2.75) is 23.5 Å². The van der Waals surface area contributed by atoms with Crippen LogP contribution in [0.25, 0.3) is 0 Å². The van der Waals surface area contributed by atoms with Gasteiger partial charge in [-0.05, 0) is 11.8 Å². The minimum atomic E-state index is 0.821. The van der Waals surface area contributed by atoms with Crippen molar-refractivity contribution in [3.05, 3.63) is 24.3 Å². The number of hydrogen-bond donors (Lipinski definition) is 2. The molecule has 6 heteroatoms. The molecule has 0 unspecified atom stereocenters. The van der Waals surface area contributed by atoms with Crippen LogP contribution in [0.4, 0.5) is 5.82 Å². The fraction of sp³-hybridized carbons (Fsp3) is 0.300. The van der Waals surface area contributed by atoms with Crippen molar-refractivity contribution in [2.24, 2.45) is 0 Å². The lowest BCUT2D eigenvalue weighted by Gasteiger charge is -2.04. The van der Waals surface area contributed by atoms with E-state index in [-0.39, 0.29) is 0 Å². The summed E-state index contributed by atoms with van der Waals surface area (Å²) in [5.74, 6) is 1.67. The molecule has 2 aromatic rings. The molecule has 2 aromatic heterocycles. The Morgan fingerprint density at radius 2 is 2.31 bits per heavy atom. The van der Waals surface area contributed by atoms with Crippen molar-refractivity contribution in [1.82, 2.24) is 19.9 Å². The summed E-state index contributed by atoms with van der Waals surface area (Å²) in [4.78, 5) is 15.9. The minimum Gasteiger partial charge on any atom is -0.373 e. The maximum absolute atomic E-state index is 4.43. The third kappa shape index (κ3) is 2.52. The van der Waals surface area contributed by atoms with Gasteiger partial charge in [-0.15, -0.1) is 0 Å². The van der Waals surface area contributed by atoms with Crippen molar-refractivity contribution < 1.29 is 0 Å². The van der Waals surface area contributed by atoms with Gasteiger partial charge in [-0.3, -0.25) is 0 Å². The van der Waals surface area contributed by atoms with Gasteiger partial charge in [-0.2, -0.15) is 0 Å². The fourth-order valence-electron chi connectivity index (χ4n) is 1.22. The Hall–Kier alpha value is -1.56. The van der Waals surface area contributed by atoms with E-state index in [9.17, 15) is 0 Å². The number of anilines is 1. The largest absolute Gasteiger partial charge is 0.373 e. The molecule has 0 bridgehead atoms. The molecule has 0 radical (unpaired) electrons. The number of hydrogen-bond acceptors (Lipinski definition) is 5. The Balaban J connectivity index is 2.26. The average Bonchev–Trinajstić information content (AvgIpc) is 2.81. The van der Waals surface area contributed by atoms with Crippen molar-refractivity contribution in [3.8, 4) is 0 Å². The molecule has 2 N–H and O–H groups in total. The number of aromatic amines is 1. The van der Waals surface area contributed by atoms with E-state index in [2.05, 4.69) is 25.3 Å². The predicted molar refractivity (Wildman–Crippen MR) is 63.7 cm³/mol. The van der Waals surface area contributed by atoms with Gasteiger partial charge in [0.15, 0.2) is 5.16 Å². The van der Waals surface area contributed by atoms with Crippen LogP contribution in [0.1, 0.15) is 12.7 Å². The van der Waals surface area contributed by atoms with E-state index in [0.29, 0.717) is 0 Å². The van der Waals surface area contributed by atoms with Gasteiger partial charge in [0.05, 0.1) is 0 Å². The summed E-state index contributed by atoms with van der Waals surface area (Å²) in [7, 11) is 1.85. The molecule has 0 aromatic carbocycles. The Morgan fingerprint density at radius 3 is 2.94 bits per heavy atom.